The standard InChI is InChI=1S/C16H22N4O2/c1-11-10-14(20-6-8-21-9-7-20)4-5-15(11)17-12(2)16-18-13(3)19-22-16/h4-5,10,12,17H,6-9H2,1-3H3/t12-/m1/s1. The fraction of sp³-hybridized carbons (Fsp3) is 0.500. The normalized spacial score (nSPS) is 16.6. The molecule has 6 heteroatoms. The molecular weight excluding hydrogens is 280 g/mol. The second-order valence-electron chi connectivity index (χ2n) is 5.64. The van der Waals surface area contributed by atoms with Crippen LogP contribution >= 0.6 is 0 Å². The summed E-state index contributed by atoms with van der Waals surface area (Å²) >= 11 is 0. The van der Waals surface area contributed by atoms with Crippen LogP contribution in [0.1, 0.15) is 30.2 Å². The quantitative estimate of drug-likeness (QED) is 0.937. The van der Waals surface area contributed by atoms with Gasteiger partial charge in [0.15, 0.2) is 5.82 Å². The van der Waals surface area contributed by atoms with Gasteiger partial charge in [-0.2, -0.15) is 4.98 Å². The number of ether oxygens (including phenoxy) is 1. The smallest absolute Gasteiger partial charge is 0.248 e. The number of nitrogens with one attached hydrogen (secondary N) is 1. The fourth-order valence-corrected chi connectivity index (χ4v) is 2.61. The van der Waals surface area contributed by atoms with Crippen LogP contribution in [0.3, 0.4) is 0 Å². The second kappa shape index (κ2) is 6.36. The van der Waals surface area contributed by atoms with E-state index in [0.717, 1.165) is 32.0 Å². The van der Waals surface area contributed by atoms with E-state index in [0.29, 0.717) is 11.7 Å². The maximum atomic E-state index is 5.40. The van der Waals surface area contributed by atoms with Crippen molar-refractivity contribution in [2.45, 2.75) is 26.8 Å². The zero-order chi connectivity index (χ0) is 15.5. The van der Waals surface area contributed by atoms with Crippen LogP contribution in [0.2, 0.25) is 0 Å². The molecule has 1 aliphatic rings. The molecule has 1 aliphatic heterocycles. The first-order valence-electron chi connectivity index (χ1n) is 7.63. The molecule has 1 aromatic carbocycles. The van der Waals surface area contributed by atoms with E-state index < -0.39 is 0 Å². The van der Waals surface area contributed by atoms with Crippen LogP contribution in [-0.2, 0) is 4.74 Å². The first-order chi connectivity index (χ1) is 10.6. The van der Waals surface area contributed by atoms with Gasteiger partial charge in [-0.1, -0.05) is 5.16 Å². The minimum Gasteiger partial charge on any atom is -0.378 e. The first kappa shape index (κ1) is 14.8. The van der Waals surface area contributed by atoms with Crippen LogP contribution in [0.5, 0.6) is 0 Å². The molecule has 0 spiro atoms. The number of aryl methyl sites for hydroxylation is 2. The lowest BCUT2D eigenvalue weighted by molar-refractivity contribution is 0.122. The molecule has 0 amide bonds. The maximum Gasteiger partial charge on any atom is 0.248 e. The van der Waals surface area contributed by atoms with Crippen LogP contribution in [0.15, 0.2) is 22.7 Å². The SMILES string of the molecule is Cc1noc([C@@H](C)Nc2ccc(N3CCOCC3)cc2C)n1. The van der Waals surface area contributed by atoms with Gasteiger partial charge in [0.1, 0.15) is 6.04 Å². The number of anilines is 2. The van der Waals surface area contributed by atoms with Gasteiger partial charge in [0.2, 0.25) is 5.89 Å². The molecule has 0 saturated carbocycles. The topological polar surface area (TPSA) is 63.4 Å². The molecule has 1 atom stereocenters. The predicted molar refractivity (Wildman–Crippen MR) is 85.3 cm³/mol. The van der Waals surface area contributed by atoms with E-state index in [1.165, 1.54) is 11.3 Å². The Morgan fingerprint density at radius 2 is 2.00 bits per heavy atom. The summed E-state index contributed by atoms with van der Waals surface area (Å²) in [4.78, 5) is 6.62. The van der Waals surface area contributed by atoms with Gasteiger partial charge in [0, 0.05) is 24.5 Å². The summed E-state index contributed by atoms with van der Waals surface area (Å²) in [5.41, 5.74) is 3.53. The highest BCUT2D eigenvalue weighted by atomic mass is 16.5. The van der Waals surface area contributed by atoms with Crippen molar-refractivity contribution in [3.8, 4) is 0 Å². The lowest BCUT2D eigenvalue weighted by atomic mass is 10.1. The molecule has 2 aromatic rings. The van der Waals surface area contributed by atoms with Gasteiger partial charge in [0.05, 0.1) is 13.2 Å². The molecule has 6 nitrogen and oxygen atoms in total. The van der Waals surface area contributed by atoms with Crippen LogP contribution < -0.4 is 10.2 Å². The summed E-state index contributed by atoms with van der Waals surface area (Å²) in [5.74, 6) is 1.26. The molecule has 22 heavy (non-hydrogen) atoms. The highest BCUT2D eigenvalue weighted by Crippen LogP contribution is 2.26. The Hall–Kier alpha value is -2.08. The summed E-state index contributed by atoms with van der Waals surface area (Å²) in [5, 5.41) is 7.26. The largest absolute Gasteiger partial charge is 0.378 e. The maximum absolute atomic E-state index is 5.40. The van der Waals surface area contributed by atoms with Gasteiger partial charge in [-0.25, -0.2) is 0 Å². The van der Waals surface area contributed by atoms with Crippen molar-refractivity contribution in [3.63, 3.8) is 0 Å². The van der Waals surface area contributed by atoms with E-state index in [2.05, 4.69) is 45.5 Å². The third-order valence-corrected chi connectivity index (χ3v) is 3.87. The first-order valence-corrected chi connectivity index (χ1v) is 7.63. The number of rotatable bonds is 4. The molecule has 3 rings (SSSR count). The minimum absolute atomic E-state index is 0.0193. The van der Waals surface area contributed by atoms with Gasteiger partial charge in [0.25, 0.3) is 0 Å². The summed E-state index contributed by atoms with van der Waals surface area (Å²) in [6.45, 7) is 9.44. The van der Waals surface area contributed by atoms with Crippen molar-refractivity contribution in [2.75, 3.05) is 36.5 Å². The summed E-state index contributed by atoms with van der Waals surface area (Å²) < 4.78 is 10.6. The average Bonchev–Trinajstić information content (AvgIpc) is 2.97. The summed E-state index contributed by atoms with van der Waals surface area (Å²) in [6, 6.07) is 6.44. The van der Waals surface area contributed by atoms with Gasteiger partial charge in [-0.15, -0.1) is 0 Å². The molecule has 1 aromatic heterocycles. The second-order valence-corrected chi connectivity index (χ2v) is 5.64. The number of morpholine rings is 1. The molecule has 118 valence electrons. The number of hydrogen-bond donors (Lipinski definition) is 1. The van der Waals surface area contributed by atoms with Gasteiger partial charge in [-0.3, -0.25) is 0 Å². The zero-order valence-electron chi connectivity index (χ0n) is 13.3. The number of benzene rings is 1. The van der Waals surface area contributed by atoms with Crippen molar-refractivity contribution in [1.29, 1.82) is 0 Å². The third kappa shape index (κ3) is 3.22. The van der Waals surface area contributed by atoms with E-state index in [1.54, 1.807) is 0 Å². The van der Waals surface area contributed by atoms with Crippen molar-refractivity contribution in [3.05, 3.63) is 35.5 Å². The summed E-state index contributed by atoms with van der Waals surface area (Å²) in [6.07, 6.45) is 0. The van der Waals surface area contributed by atoms with Gasteiger partial charge < -0.3 is 19.5 Å². The molecule has 0 unspecified atom stereocenters. The monoisotopic (exact) mass is 302 g/mol. The van der Waals surface area contributed by atoms with Crippen molar-refractivity contribution in [2.24, 2.45) is 0 Å². The van der Waals surface area contributed by atoms with Gasteiger partial charge in [-0.05, 0) is 44.5 Å². The number of aromatic nitrogens is 2. The molecular formula is C16H22N4O2. The molecule has 1 N–H and O–H groups in total. The fourth-order valence-electron chi connectivity index (χ4n) is 2.61. The van der Waals surface area contributed by atoms with E-state index in [1.807, 2.05) is 13.8 Å². The number of hydrogen-bond acceptors (Lipinski definition) is 6. The van der Waals surface area contributed by atoms with Crippen molar-refractivity contribution < 1.29 is 9.26 Å². The molecule has 0 bridgehead atoms. The van der Waals surface area contributed by atoms with Crippen LogP contribution in [0, 0.1) is 13.8 Å². The van der Waals surface area contributed by atoms with E-state index in [4.69, 9.17) is 9.26 Å². The Morgan fingerprint density at radius 1 is 1.23 bits per heavy atom. The summed E-state index contributed by atoms with van der Waals surface area (Å²) in [7, 11) is 0. The average molecular weight is 302 g/mol. The predicted octanol–water partition coefficient (Wildman–Crippen LogP) is 2.70. The Bertz CT molecular complexity index is 635. The van der Waals surface area contributed by atoms with Crippen LogP contribution in [-0.4, -0.2) is 36.4 Å². The molecule has 0 aliphatic carbocycles. The Balaban J connectivity index is 1.71. The lowest BCUT2D eigenvalue weighted by Gasteiger charge is -2.29. The van der Waals surface area contributed by atoms with E-state index >= 15 is 0 Å². The van der Waals surface area contributed by atoms with E-state index in [9.17, 15) is 0 Å². The van der Waals surface area contributed by atoms with Gasteiger partial charge >= 0.3 is 0 Å². The van der Waals surface area contributed by atoms with Crippen LogP contribution in [0.25, 0.3) is 0 Å². The molecule has 1 fully saturated rings. The molecule has 0 radical (unpaired) electrons. The zero-order valence-corrected chi connectivity index (χ0v) is 13.3. The third-order valence-electron chi connectivity index (χ3n) is 3.87. The lowest BCUT2D eigenvalue weighted by Crippen LogP contribution is -2.36. The molecule has 2 heterocycles. The highest BCUT2D eigenvalue weighted by molar-refractivity contribution is 5.60. The van der Waals surface area contributed by atoms with E-state index in [-0.39, 0.29) is 6.04 Å². The highest BCUT2D eigenvalue weighted by Gasteiger charge is 2.15. The van der Waals surface area contributed by atoms with Crippen molar-refractivity contribution >= 4 is 11.4 Å². The minimum atomic E-state index is -0.0193. The molecule has 1 saturated heterocycles. The Morgan fingerprint density at radius 3 is 2.64 bits per heavy atom. The number of nitrogens with zero attached hydrogens (tertiary/aromatic N) is 3. The van der Waals surface area contributed by atoms with Crippen LogP contribution in [0.4, 0.5) is 11.4 Å². The Kier molecular flexibility index (Phi) is 4.29. The Labute approximate surface area is 130 Å². The van der Waals surface area contributed by atoms with Crippen molar-refractivity contribution in [1.82, 2.24) is 10.1 Å².